The number of hydrogen-bond donors (Lipinski definition) is 3. The third-order valence-corrected chi connectivity index (χ3v) is 9.63. The largest absolute Gasteiger partial charge is 0.475 e. The first kappa shape index (κ1) is 34.1. The fraction of sp³-hybridized carbons (Fsp3) is 0.361. The van der Waals surface area contributed by atoms with Crippen molar-refractivity contribution in [2.24, 2.45) is 14.1 Å². The van der Waals surface area contributed by atoms with E-state index in [4.69, 9.17) is 26.1 Å². The number of carbonyl (C=O) groups is 2. The van der Waals surface area contributed by atoms with Gasteiger partial charge in [-0.15, -0.1) is 0 Å². The van der Waals surface area contributed by atoms with E-state index in [-0.39, 0.29) is 23.6 Å². The molecule has 2 aromatic carbocycles. The Morgan fingerprint density at radius 2 is 1.80 bits per heavy atom. The summed E-state index contributed by atoms with van der Waals surface area (Å²) in [4.78, 5) is 54.7. The number of carbonyl (C=O) groups excluding carboxylic acids is 2. The molecule has 1 fully saturated rings. The standard InChI is InChI=1S/C36H39ClN6O6/c1-20-23(7-6-10-27(20)40-33(45)26-19-42(2)36(47)43(3)35(26)46)24-8-5-9-25(32(24)37)29-17-21-11-13-28(38-18-22-12-14-30(44)39-22)31(21)34(41-29)49-16-15-48-4/h5-10,17,19,22,28,38H,11-16,18H2,1-4H3,(H,39,44)(H,40,45)/t22-,28-/m0/s1. The van der Waals surface area contributed by atoms with Crippen LogP contribution >= 0.6 is 11.6 Å². The van der Waals surface area contributed by atoms with Crippen molar-refractivity contribution in [3.8, 4) is 28.3 Å². The number of pyridine rings is 1. The first-order valence-corrected chi connectivity index (χ1v) is 16.6. The van der Waals surface area contributed by atoms with Crippen molar-refractivity contribution in [1.29, 1.82) is 0 Å². The lowest BCUT2D eigenvalue weighted by atomic mass is 9.96. The number of halogens is 1. The second-order valence-corrected chi connectivity index (χ2v) is 12.8. The van der Waals surface area contributed by atoms with Crippen LogP contribution < -0.4 is 31.9 Å². The molecule has 256 valence electrons. The van der Waals surface area contributed by atoms with Crippen LogP contribution in [0.3, 0.4) is 0 Å². The number of nitrogens with one attached hydrogen (secondary N) is 3. The van der Waals surface area contributed by atoms with Gasteiger partial charge < -0.3 is 30.0 Å². The van der Waals surface area contributed by atoms with Crippen molar-refractivity contribution >= 4 is 29.1 Å². The molecule has 12 nitrogen and oxygen atoms in total. The number of fused-ring (bicyclic) bond motifs is 1. The van der Waals surface area contributed by atoms with Crippen molar-refractivity contribution in [2.75, 3.05) is 32.2 Å². The van der Waals surface area contributed by atoms with Crippen LogP contribution in [0.2, 0.25) is 5.02 Å². The molecule has 0 bridgehead atoms. The third-order valence-electron chi connectivity index (χ3n) is 9.22. The van der Waals surface area contributed by atoms with Crippen LogP contribution in [0.25, 0.3) is 22.4 Å². The molecule has 49 heavy (non-hydrogen) atoms. The van der Waals surface area contributed by atoms with E-state index in [1.165, 1.54) is 24.9 Å². The summed E-state index contributed by atoms with van der Waals surface area (Å²) in [7, 11) is 4.44. The van der Waals surface area contributed by atoms with Crippen LogP contribution in [0.5, 0.6) is 5.88 Å². The molecule has 1 aliphatic carbocycles. The smallest absolute Gasteiger partial charge is 0.330 e. The minimum absolute atomic E-state index is 0.0370. The van der Waals surface area contributed by atoms with Crippen molar-refractivity contribution < 1.29 is 19.1 Å². The summed E-state index contributed by atoms with van der Waals surface area (Å²) in [6.45, 7) is 3.28. The Labute approximate surface area is 288 Å². The Hall–Kier alpha value is -4.78. The predicted molar refractivity (Wildman–Crippen MR) is 187 cm³/mol. The van der Waals surface area contributed by atoms with Gasteiger partial charge in [0.05, 0.1) is 17.3 Å². The Morgan fingerprint density at radius 3 is 2.55 bits per heavy atom. The van der Waals surface area contributed by atoms with E-state index >= 15 is 0 Å². The second kappa shape index (κ2) is 14.4. The van der Waals surface area contributed by atoms with Crippen molar-refractivity contribution in [1.82, 2.24) is 24.8 Å². The lowest BCUT2D eigenvalue weighted by Crippen LogP contribution is -2.40. The average Bonchev–Trinajstić information content (AvgIpc) is 3.71. The number of aromatic nitrogens is 3. The van der Waals surface area contributed by atoms with Gasteiger partial charge in [-0.05, 0) is 55.0 Å². The molecule has 2 amide bonds. The van der Waals surface area contributed by atoms with E-state index in [1.807, 2.05) is 31.2 Å². The zero-order chi connectivity index (χ0) is 34.8. The molecule has 0 saturated carbocycles. The average molecular weight is 687 g/mol. The SMILES string of the molecule is COCCOc1nc(-c2cccc(-c3cccc(NC(=O)c4cn(C)c(=O)n(C)c4=O)c3C)c2Cl)cc2c1[C@@H](NC[C@@H]1CCC(=O)N1)CC2. The van der Waals surface area contributed by atoms with Gasteiger partial charge in [0.15, 0.2) is 0 Å². The Balaban J connectivity index is 1.31. The monoisotopic (exact) mass is 686 g/mol. The highest BCUT2D eigenvalue weighted by Gasteiger charge is 2.31. The zero-order valence-corrected chi connectivity index (χ0v) is 28.6. The van der Waals surface area contributed by atoms with Gasteiger partial charge in [-0.1, -0.05) is 41.9 Å². The molecule has 3 N–H and O–H groups in total. The number of aryl methyl sites for hydroxylation is 2. The number of anilines is 1. The van der Waals surface area contributed by atoms with Gasteiger partial charge in [0.2, 0.25) is 11.8 Å². The molecule has 2 atom stereocenters. The van der Waals surface area contributed by atoms with Crippen molar-refractivity contribution in [3.05, 3.63) is 96.8 Å². The molecule has 6 rings (SSSR count). The molecular weight excluding hydrogens is 648 g/mol. The van der Waals surface area contributed by atoms with Crippen LogP contribution in [0, 0.1) is 6.92 Å². The molecule has 1 aliphatic heterocycles. The lowest BCUT2D eigenvalue weighted by molar-refractivity contribution is -0.119. The van der Waals surface area contributed by atoms with Crippen LogP contribution in [-0.2, 0) is 30.0 Å². The number of methoxy groups -OCH3 is 1. The van der Waals surface area contributed by atoms with Gasteiger partial charge >= 0.3 is 5.69 Å². The van der Waals surface area contributed by atoms with Crippen LogP contribution in [-0.4, -0.2) is 58.8 Å². The van der Waals surface area contributed by atoms with Gasteiger partial charge in [0, 0.05) is 74.8 Å². The second-order valence-electron chi connectivity index (χ2n) is 12.4. The molecule has 0 spiro atoms. The molecule has 3 heterocycles. The van der Waals surface area contributed by atoms with Gasteiger partial charge in [0.25, 0.3) is 11.5 Å². The minimum atomic E-state index is -0.679. The van der Waals surface area contributed by atoms with Gasteiger partial charge in [0.1, 0.15) is 12.2 Å². The number of rotatable bonds is 11. The summed E-state index contributed by atoms with van der Waals surface area (Å²) in [5.41, 5.74) is 4.97. The summed E-state index contributed by atoms with van der Waals surface area (Å²) in [6.07, 6.45) is 4.32. The Morgan fingerprint density at radius 1 is 1.04 bits per heavy atom. The Kier molecular flexibility index (Phi) is 10.00. The van der Waals surface area contributed by atoms with E-state index in [0.29, 0.717) is 48.5 Å². The molecule has 0 radical (unpaired) electrons. The van der Waals surface area contributed by atoms with Gasteiger partial charge in [-0.25, -0.2) is 9.78 Å². The van der Waals surface area contributed by atoms with Crippen LogP contribution in [0.1, 0.15) is 52.4 Å². The first-order valence-electron chi connectivity index (χ1n) is 16.2. The van der Waals surface area contributed by atoms with Crippen molar-refractivity contribution in [3.63, 3.8) is 0 Å². The highest BCUT2D eigenvalue weighted by Crippen LogP contribution is 2.43. The molecule has 1 saturated heterocycles. The number of hydrogen-bond acceptors (Lipinski definition) is 8. The lowest BCUT2D eigenvalue weighted by Gasteiger charge is -2.20. The molecule has 0 unspecified atom stereocenters. The summed E-state index contributed by atoms with van der Waals surface area (Å²) >= 11 is 7.16. The summed E-state index contributed by atoms with van der Waals surface area (Å²) in [5, 5.41) is 9.97. The highest BCUT2D eigenvalue weighted by atomic mass is 35.5. The van der Waals surface area contributed by atoms with Crippen LogP contribution in [0.4, 0.5) is 5.69 Å². The van der Waals surface area contributed by atoms with E-state index in [2.05, 4.69) is 22.0 Å². The predicted octanol–water partition coefficient (Wildman–Crippen LogP) is 3.91. The maximum Gasteiger partial charge on any atom is 0.330 e. The topological polar surface area (TPSA) is 146 Å². The first-order chi connectivity index (χ1) is 23.6. The molecule has 4 aromatic rings. The number of ether oxygens (including phenoxy) is 2. The van der Waals surface area contributed by atoms with E-state index in [1.54, 1.807) is 19.2 Å². The maximum absolute atomic E-state index is 13.2. The summed E-state index contributed by atoms with van der Waals surface area (Å²) in [5.74, 6) is -0.00459. The van der Waals surface area contributed by atoms with Gasteiger partial charge in [-0.3, -0.25) is 19.0 Å². The molecule has 2 aliphatic rings. The van der Waals surface area contributed by atoms with E-state index in [9.17, 15) is 19.2 Å². The zero-order valence-electron chi connectivity index (χ0n) is 27.9. The number of benzene rings is 2. The quantitative estimate of drug-likeness (QED) is 0.202. The maximum atomic E-state index is 13.2. The summed E-state index contributed by atoms with van der Waals surface area (Å²) in [6, 6.07) is 13.4. The van der Waals surface area contributed by atoms with Gasteiger partial charge in [-0.2, -0.15) is 0 Å². The number of nitrogens with zero attached hydrogens (tertiary/aromatic N) is 3. The fourth-order valence-corrected chi connectivity index (χ4v) is 6.87. The molecule has 2 aromatic heterocycles. The van der Waals surface area contributed by atoms with E-state index < -0.39 is 17.2 Å². The van der Waals surface area contributed by atoms with Crippen molar-refractivity contribution in [2.45, 2.75) is 44.7 Å². The number of amides is 2. The Bertz CT molecular complexity index is 2060. The molecular formula is C36H39ClN6O6. The normalized spacial score (nSPS) is 16.8. The molecule has 13 heteroatoms. The minimum Gasteiger partial charge on any atom is -0.475 e. The fourth-order valence-electron chi connectivity index (χ4n) is 6.55. The highest BCUT2D eigenvalue weighted by molar-refractivity contribution is 6.36. The summed E-state index contributed by atoms with van der Waals surface area (Å²) < 4.78 is 13.5. The van der Waals surface area contributed by atoms with E-state index in [0.717, 1.165) is 57.2 Å². The van der Waals surface area contributed by atoms with Crippen LogP contribution in [0.15, 0.2) is 58.3 Å². The third kappa shape index (κ3) is 6.89.